The second kappa shape index (κ2) is 6.56. The Labute approximate surface area is 126 Å². The second-order valence-electron chi connectivity index (χ2n) is 6.79. The Bertz CT molecular complexity index is 480. The Balaban J connectivity index is 1.70. The zero-order valence-corrected chi connectivity index (χ0v) is 13.3. The molecule has 1 aromatic rings. The van der Waals surface area contributed by atoms with Crippen molar-refractivity contribution in [2.24, 2.45) is 11.1 Å². The molecule has 1 aliphatic rings. The summed E-state index contributed by atoms with van der Waals surface area (Å²) in [6, 6.07) is 0. The first-order valence-corrected chi connectivity index (χ1v) is 7.68. The standard InChI is InChI=1S/C15H26N4O2/c1-15(2,9-16)10-19(3)13(20)6-4-5-12-17-14(18-21-12)11-7-8-11/h11H,4-10,16H2,1-3H3. The van der Waals surface area contributed by atoms with Gasteiger partial charge >= 0.3 is 0 Å². The lowest BCUT2D eigenvalue weighted by Crippen LogP contribution is -2.39. The van der Waals surface area contributed by atoms with Crippen LogP contribution < -0.4 is 5.73 Å². The van der Waals surface area contributed by atoms with Crippen LogP contribution in [-0.2, 0) is 11.2 Å². The highest BCUT2D eigenvalue weighted by Gasteiger charge is 2.28. The molecule has 0 aliphatic heterocycles. The summed E-state index contributed by atoms with van der Waals surface area (Å²) in [6.07, 6.45) is 4.23. The molecule has 1 aliphatic carbocycles. The molecule has 1 saturated carbocycles. The highest BCUT2D eigenvalue weighted by molar-refractivity contribution is 5.75. The summed E-state index contributed by atoms with van der Waals surface area (Å²) in [5.41, 5.74) is 5.65. The summed E-state index contributed by atoms with van der Waals surface area (Å²) < 4.78 is 5.20. The molecular weight excluding hydrogens is 268 g/mol. The van der Waals surface area contributed by atoms with Crippen molar-refractivity contribution < 1.29 is 9.32 Å². The van der Waals surface area contributed by atoms with E-state index in [4.69, 9.17) is 10.3 Å². The lowest BCUT2D eigenvalue weighted by molar-refractivity contribution is -0.131. The molecule has 0 spiro atoms. The molecule has 0 unspecified atom stereocenters. The van der Waals surface area contributed by atoms with Crippen molar-refractivity contribution in [3.63, 3.8) is 0 Å². The van der Waals surface area contributed by atoms with Gasteiger partial charge in [-0.3, -0.25) is 4.79 Å². The van der Waals surface area contributed by atoms with E-state index in [1.165, 1.54) is 12.8 Å². The summed E-state index contributed by atoms with van der Waals surface area (Å²) >= 11 is 0. The average Bonchev–Trinajstić information content (AvgIpc) is 3.18. The molecule has 6 nitrogen and oxygen atoms in total. The molecule has 0 saturated heterocycles. The number of rotatable bonds is 8. The number of carbonyl (C=O) groups is 1. The van der Waals surface area contributed by atoms with Gasteiger partial charge < -0.3 is 15.2 Å². The van der Waals surface area contributed by atoms with E-state index in [1.807, 2.05) is 7.05 Å². The first kappa shape index (κ1) is 15.9. The topological polar surface area (TPSA) is 85.2 Å². The quantitative estimate of drug-likeness (QED) is 0.789. The summed E-state index contributed by atoms with van der Waals surface area (Å²) in [4.78, 5) is 18.2. The normalized spacial score (nSPS) is 15.2. The van der Waals surface area contributed by atoms with Crippen molar-refractivity contribution in [2.45, 2.75) is 51.9 Å². The monoisotopic (exact) mass is 294 g/mol. The highest BCUT2D eigenvalue weighted by atomic mass is 16.5. The minimum atomic E-state index is -0.0456. The Morgan fingerprint density at radius 2 is 2.19 bits per heavy atom. The first-order chi connectivity index (χ1) is 9.91. The van der Waals surface area contributed by atoms with Crippen LogP contribution in [0.4, 0.5) is 0 Å². The molecule has 6 heteroatoms. The molecule has 21 heavy (non-hydrogen) atoms. The van der Waals surface area contributed by atoms with Gasteiger partial charge in [0.1, 0.15) is 0 Å². The van der Waals surface area contributed by atoms with Gasteiger partial charge in [-0.15, -0.1) is 0 Å². The molecule has 2 rings (SSSR count). The van der Waals surface area contributed by atoms with Gasteiger partial charge in [-0.05, 0) is 31.2 Å². The smallest absolute Gasteiger partial charge is 0.226 e. The molecule has 0 radical (unpaired) electrons. The van der Waals surface area contributed by atoms with Gasteiger partial charge in [-0.1, -0.05) is 19.0 Å². The zero-order valence-electron chi connectivity index (χ0n) is 13.3. The maximum absolute atomic E-state index is 12.1. The van der Waals surface area contributed by atoms with E-state index in [0.29, 0.717) is 37.7 Å². The summed E-state index contributed by atoms with van der Waals surface area (Å²) in [5, 5.41) is 3.98. The van der Waals surface area contributed by atoms with Crippen molar-refractivity contribution in [1.82, 2.24) is 15.0 Å². The minimum Gasteiger partial charge on any atom is -0.345 e. The number of carbonyl (C=O) groups excluding carboxylic acids is 1. The number of nitrogens with zero attached hydrogens (tertiary/aromatic N) is 3. The fourth-order valence-corrected chi connectivity index (χ4v) is 2.25. The van der Waals surface area contributed by atoms with Crippen LogP contribution in [0, 0.1) is 5.41 Å². The molecule has 0 aromatic carbocycles. The third-order valence-corrected chi connectivity index (χ3v) is 3.85. The number of aryl methyl sites for hydroxylation is 1. The third-order valence-electron chi connectivity index (χ3n) is 3.85. The van der Waals surface area contributed by atoms with Gasteiger partial charge in [0.05, 0.1) is 0 Å². The average molecular weight is 294 g/mol. The van der Waals surface area contributed by atoms with Crippen molar-refractivity contribution in [3.8, 4) is 0 Å². The minimum absolute atomic E-state index is 0.0456. The Kier molecular flexibility index (Phi) is 4.98. The van der Waals surface area contributed by atoms with Gasteiger partial charge in [0, 0.05) is 32.4 Å². The van der Waals surface area contributed by atoms with Gasteiger partial charge in [0.25, 0.3) is 0 Å². The highest BCUT2D eigenvalue weighted by Crippen LogP contribution is 2.38. The van der Waals surface area contributed by atoms with Crippen molar-refractivity contribution in [1.29, 1.82) is 0 Å². The molecule has 2 N–H and O–H groups in total. The first-order valence-electron chi connectivity index (χ1n) is 7.68. The Morgan fingerprint density at radius 3 is 2.81 bits per heavy atom. The van der Waals surface area contributed by atoms with Gasteiger partial charge in [-0.25, -0.2) is 0 Å². The molecule has 1 amide bonds. The van der Waals surface area contributed by atoms with Gasteiger partial charge in [0.2, 0.25) is 11.8 Å². The van der Waals surface area contributed by atoms with Crippen LogP contribution in [0.15, 0.2) is 4.52 Å². The van der Waals surface area contributed by atoms with E-state index in [2.05, 4.69) is 24.0 Å². The molecule has 1 heterocycles. The second-order valence-corrected chi connectivity index (χ2v) is 6.79. The van der Waals surface area contributed by atoms with Crippen LogP contribution >= 0.6 is 0 Å². The maximum atomic E-state index is 12.1. The number of nitrogens with two attached hydrogens (primary N) is 1. The Morgan fingerprint density at radius 1 is 1.48 bits per heavy atom. The lowest BCUT2D eigenvalue weighted by atomic mass is 9.93. The van der Waals surface area contributed by atoms with E-state index < -0.39 is 0 Å². The molecule has 118 valence electrons. The number of hydrogen-bond acceptors (Lipinski definition) is 5. The third kappa shape index (κ3) is 4.81. The lowest BCUT2D eigenvalue weighted by Gasteiger charge is -2.29. The van der Waals surface area contributed by atoms with Crippen LogP contribution in [0.5, 0.6) is 0 Å². The van der Waals surface area contributed by atoms with Crippen LogP contribution in [0.3, 0.4) is 0 Å². The van der Waals surface area contributed by atoms with E-state index in [1.54, 1.807) is 4.90 Å². The summed E-state index contributed by atoms with van der Waals surface area (Å²) in [5.74, 6) is 2.12. The SMILES string of the molecule is CN(CC(C)(C)CN)C(=O)CCCc1nc(C2CC2)no1. The molecule has 0 atom stereocenters. The maximum Gasteiger partial charge on any atom is 0.226 e. The molecule has 1 aromatic heterocycles. The van der Waals surface area contributed by atoms with Crippen LogP contribution in [-0.4, -0.2) is 41.1 Å². The molecular formula is C15H26N4O2. The summed E-state index contributed by atoms with van der Waals surface area (Å²) in [6.45, 7) is 5.37. The van der Waals surface area contributed by atoms with Crippen molar-refractivity contribution in [2.75, 3.05) is 20.1 Å². The molecule has 1 fully saturated rings. The zero-order chi connectivity index (χ0) is 15.5. The van der Waals surface area contributed by atoms with E-state index in [-0.39, 0.29) is 11.3 Å². The van der Waals surface area contributed by atoms with Crippen LogP contribution in [0.25, 0.3) is 0 Å². The van der Waals surface area contributed by atoms with E-state index in [0.717, 1.165) is 12.2 Å². The number of amides is 1. The van der Waals surface area contributed by atoms with Crippen LogP contribution in [0.1, 0.15) is 57.2 Å². The van der Waals surface area contributed by atoms with Crippen molar-refractivity contribution >= 4 is 5.91 Å². The van der Waals surface area contributed by atoms with E-state index in [9.17, 15) is 4.79 Å². The number of aromatic nitrogens is 2. The Hall–Kier alpha value is -1.43. The predicted octanol–water partition coefficient (Wildman–Crippen LogP) is 1.71. The fourth-order valence-electron chi connectivity index (χ4n) is 2.25. The largest absolute Gasteiger partial charge is 0.345 e. The van der Waals surface area contributed by atoms with Crippen LogP contribution in [0.2, 0.25) is 0 Å². The fraction of sp³-hybridized carbons (Fsp3) is 0.800. The predicted molar refractivity (Wildman–Crippen MR) is 79.7 cm³/mol. The van der Waals surface area contributed by atoms with Gasteiger partial charge in [-0.2, -0.15) is 4.98 Å². The molecule has 0 bridgehead atoms. The van der Waals surface area contributed by atoms with Gasteiger partial charge in [0.15, 0.2) is 5.82 Å². The summed E-state index contributed by atoms with van der Waals surface area (Å²) in [7, 11) is 1.83. The van der Waals surface area contributed by atoms with Crippen molar-refractivity contribution in [3.05, 3.63) is 11.7 Å². The van der Waals surface area contributed by atoms with E-state index >= 15 is 0 Å². The number of hydrogen-bond donors (Lipinski definition) is 1.